The maximum Gasteiger partial charge on any atom is 0.126 e. The number of hydrogen-bond donors (Lipinski definition) is 0. The lowest BCUT2D eigenvalue weighted by molar-refractivity contribution is 0.584. The topological polar surface area (TPSA) is 0 Å². The monoisotopic (exact) mass is 266 g/mol. The molecule has 0 saturated heterocycles. The van der Waals surface area contributed by atoms with Gasteiger partial charge in [-0.05, 0) is 34.4 Å². The first-order valence-corrected chi connectivity index (χ1v) is 6.35. The summed E-state index contributed by atoms with van der Waals surface area (Å²) in [7, 11) is 0. The first-order valence-electron chi connectivity index (χ1n) is 6.35. The Morgan fingerprint density at radius 1 is 0.500 bits per heavy atom. The average Bonchev–Trinajstić information content (AvgIpc) is 2.47. The van der Waals surface area contributed by atoms with E-state index in [4.69, 9.17) is 0 Å². The molecule has 0 heterocycles. The lowest BCUT2D eigenvalue weighted by Crippen LogP contribution is -1.87. The molecule has 0 unspecified atom stereocenters. The summed E-state index contributed by atoms with van der Waals surface area (Å²) < 4.78 is 26.8. The smallest absolute Gasteiger partial charge is 0.126 e. The molecule has 0 bridgehead atoms. The highest BCUT2D eigenvalue weighted by atomic mass is 19.1. The molecule has 0 atom stereocenters. The highest BCUT2D eigenvalue weighted by Gasteiger charge is 2.08. The van der Waals surface area contributed by atoms with Crippen LogP contribution in [0.1, 0.15) is 0 Å². The molecule has 0 fully saturated rings. The van der Waals surface area contributed by atoms with E-state index in [1.807, 2.05) is 54.6 Å². The summed E-state index contributed by atoms with van der Waals surface area (Å²) >= 11 is 0. The van der Waals surface area contributed by atoms with Crippen molar-refractivity contribution in [2.24, 2.45) is 0 Å². The SMILES string of the molecule is Fc1cc(F)cc(-c2ccccc2-c2ccccc2)c1. The summed E-state index contributed by atoms with van der Waals surface area (Å²) in [5.74, 6) is -1.13. The van der Waals surface area contributed by atoms with Crippen LogP contribution in [0.3, 0.4) is 0 Å². The quantitative estimate of drug-likeness (QED) is 0.590. The Morgan fingerprint density at radius 2 is 1.00 bits per heavy atom. The van der Waals surface area contributed by atoms with Gasteiger partial charge in [-0.25, -0.2) is 8.78 Å². The van der Waals surface area contributed by atoms with E-state index in [1.165, 1.54) is 12.1 Å². The van der Waals surface area contributed by atoms with E-state index in [0.29, 0.717) is 5.56 Å². The van der Waals surface area contributed by atoms with Crippen LogP contribution < -0.4 is 0 Å². The van der Waals surface area contributed by atoms with Gasteiger partial charge in [0.05, 0.1) is 0 Å². The Morgan fingerprint density at radius 3 is 1.60 bits per heavy atom. The first-order chi connectivity index (χ1) is 9.74. The third kappa shape index (κ3) is 2.45. The van der Waals surface area contributed by atoms with Crippen molar-refractivity contribution in [3.8, 4) is 22.3 Å². The Kier molecular flexibility index (Phi) is 3.30. The molecule has 3 rings (SSSR count). The Labute approximate surface area is 116 Å². The highest BCUT2D eigenvalue weighted by molar-refractivity contribution is 5.83. The minimum absolute atomic E-state index is 0.543. The number of halogens is 2. The second-order valence-electron chi connectivity index (χ2n) is 4.57. The molecule has 0 spiro atoms. The number of hydrogen-bond acceptors (Lipinski definition) is 0. The molecule has 3 aromatic rings. The summed E-state index contributed by atoms with van der Waals surface area (Å²) in [4.78, 5) is 0. The lowest BCUT2D eigenvalue weighted by Gasteiger charge is -2.10. The normalized spacial score (nSPS) is 10.5. The van der Waals surface area contributed by atoms with Gasteiger partial charge in [0.25, 0.3) is 0 Å². The van der Waals surface area contributed by atoms with Crippen molar-refractivity contribution in [1.82, 2.24) is 0 Å². The maximum absolute atomic E-state index is 13.4. The van der Waals surface area contributed by atoms with Crippen LogP contribution in [0.4, 0.5) is 8.78 Å². The molecule has 0 aliphatic carbocycles. The molecule has 0 amide bonds. The molecule has 2 heteroatoms. The van der Waals surface area contributed by atoms with Crippen LogP contribution in [0.2, 0.25) is 0 Å². The second-order valence-corrected chi connectivity index (χ2v) is 4.57. The summed E-state index contributed by atoms with van der Waals surface area (Å²) in [5.41, 5.74) is 3.34. The van der Waals surface area contributed by atoms with E-state index in [9.17, 15) is 8.78 Å². The molecule has 0 radical (unpaired) electrons. The van der Waals surface area contributed by atoms with Gasteiger partial charge in [-0.1, -0.05) is 54.6 Å². The molecule has 0 saturated carbocycles. The molecular weight excluding hydrogens is 254 g/mol. The van der Waals surface area contributed by atoms with Crippen molar-refractivity contribution in [3.63, 3.8) is 0 Å². The van der Waals surface area contributed by atoms with Gasteiger partial charge < -0.3 is 0 Å². The summed E-state index contributed by atoms with van der Waals surface area (Å²) in [6, 6.07) is 21.0. The van der Waals surface area contributed by atoms with Crippen LogP contribution in [0, 0.1) is 11.6 Å². The lowest BCUT2D eigenvalue weighted by atomic mass is 9.94. The van der Waals surface area contributed by atoms with Crippen LogP contribution in [0.15, 0.2) is 72.8 Å². The van der Waals surface area contributed by atoms with Crippen molar-refractivity contribution in [3.05, 3.63) is 84.4 Å². The maximum atomic E-state index is 13.4. The number of rotatable bonds is 2. The van der Waals surface area contributed by atoms with E-state index in [1.54, 1.807) is 0 Å². The van der Waals surface area contributed by atoms with E-state index < -0.39 is 11.6 Å². The zero-order chi connectivity index (χ0) is 13.9. The largest absolute Gasteiger partial charge is 0.207 e. The van der Waals surface area contributed by atoms with Gasteiger partial charge in [-0.15, -0.1) is 0 Å². The Bertz CT molecular complexity index is 713. The standard InChI is InChI=1S/C18H12F2/c19-15-10-14(11-16(20)12-15)18-9-5-4-8-17(18)13-6-2-1-3-7-13/h1-12H. The van der Waals surface area contributed by atoms with E-state index in [-0.39, 0.29) is 0 Å². The molecule has 0 aromatic heterocycles. The predicted octanol–water partition coefficient (Wildman–Crippen LogP) is 5.30. The van der Waals surface area contributed by atoms with Gasteiger partial charge in [-0.3, -0.25) is 0 Å². The summed E-state index contributed by atoms with van der Waals surface area (Å²) in [6.45, 7) is 0. The van der Waals surface area contributed by atoms with Gasteiger partial charge in [0.15, 0.2) is 0 Å². The Hall–Kier alpha value is -2.48. The third-order valence-electron chi connectivity index (χ3n) is 3.19. The van der Waals surface area contributed by atoms with Gasteiger partial charge in [-0.2, -0.15) is 0 Å². The third-order valence-corrected chi connectivity index (χ3v) is 3.19. The molecule has 0 aliphatic rings. The molecule has 0 N–H and O–H groups in total. The highest BCUT2D eigenvalue weighted by Crippen LogP contribution is 2.32. The van der Waals surface area contributed by atoms with Crippen molar-refractivity contribution >= 4 is 0 Å². The fraction of sp³-hybridized carbons (Fsp3) is 0. The van der Waals surface area contributed by atoms with Gasteiger partial charge in [0, 0.05) is 6.07 Å². The minimum Gasteiger partial charge on any atom is -0.207 e. The van der Waals surface area contributed by atoms with Crippen LogP contribution in [-0.4, -0.2) is 0 Å². The van der Waals surface area contributed by atoms with Crippen LogP contribution >= 0.6 is 0 Å². The molecular formula is C18H12F2. The van der Waals surface area contributed by atoms with Crippen LogP contribution in [-0.2, 0) is 0 Å². The molecule has 20 heavy (non-hydrogen) atoms. The zero-order valence-electron chi connectivity index (χ0n) is 10.7. The van der Waals surface area contributed by atoms with Crippen molar-refractivity contribution in [2.45, 2.75) is 0 Å². The summed E-state index contributed by atoms with van der Waals surface area (Å²) in [5, 5.41) is 0. The van der Waals surface area contributed by atoms with E-state index in [2.05, 4.69) is 0 Å². The van der Waals surface area contributed by atoms with Gasteiger partial charge in [0.2, 0.25) is 0 Å². The Balaban J connectivity index is 2.20. The molecule has 0 aliphatic heterocycles. The van der Waals surface area contributed by atoms with Crippen molar-refractivity contribution in [1.29, 1.82) is 0 Å². The van der Waals surface area contributed by atoms with Crippen LogP contribution in [0.5, 0.6) is 0 Å². The second kappa shape index (κ2) is 5.25. The first kappa shape index (κ1) is 12.5. The fourth-order valence-corrected chi connectivity index (χ4v) is 2.31. The average molecular weight is 266 g/mol. The van der Waals surface area contributed by atoms with Crippen molar-refractivity contribution in [2.75, 3.05) is 0 Å². The predicted molar refractivity (Wildman–Crippen MR) is 77.2 cm³/mol. The molecule has 98 valence electrons. The fourth-order valence-electron chi connectivity index (χ4n) is 2.31. The van der Waals surface area contributed by atoms with Gasteiger partial charge in [0.1, 0.15) is 11.6 Å². The van der Waals surface area contributed by atoms with Crippen molar-refractivity contribution < 1.29 is 8.78 Å². The molecule has 0 nitrogen and oxygen atoms in total. The minimum atomic E-state index is -0.567. The number of benzene rings is 3. The summed E-state index contributed by atoms with van der Waals surface area (Å²) in [6.07, 6.45) is 0. The van der Waals surface area contributed by atoms with E-state index in [0.717, 1.165) is 22.8 Å². The molecule has 3 aromatic carbocycles. The van der Waals surface area contributed by atoms with Gasteiger partial charge >= 0.3 is 0 Å². The van der Waals surface area contributed by atoms with E-state index >= 15 is 0 Å². The zero-order valence-corrected chi connectivity index (χ0v) is 10.7. The van der Waals surface area contributed by atoms with Crippen LogP contribution in [0.25, 0.3) is 22.3 Å².